The van der Waals surface area contributed by atoms with Gasteiger partial charge in [-0.1, -0.05) is 23.4 Å². The summed E-state index contributed by atoms with van der Waals surface area (Å²) in [6, 6.07) is 17.2. The Morgan fingerprint density at radius 1 is 0.880 bits per heavy atom. The zero-order valence-corrected chi connectivity index (χ0v) is 13.8. The molecule has 6 nitrogen and oxygen atoms in total. The van der Waals surface area contributed by atoms with Gasteiger partial charge in [0.1, 0.15) is 5.75 Å². The van der Waals surface area contributed by atoms with Crippen molar-refractivity contribution in [2.45, 2.75) is 0 Å². The van der Waals surface area contributed by atoms with Crippen LogP contribution in [0.5, 0.6) is 11.6 Å². The molecule has 0 aliphatic rings. The minimum Gasteiger partial charge on any atom is -0.497 e. The lowest BCUT2D eigenvalue weighted by atomic mass is 10.1. The second-order valence-corrected chi connectivity index (χ2v) is 5.39. The molecule has 0 saturated carbocycles. The van der Waals surface area contributed by atoms with Crippen LogP contribution < -0.4 is 9.47 Å². The number of aromatic nitrogens is 3. The van der Waals surface area contributed by atoms with Crippen LogP contribution in [0.15, 0.2) is 59.1 Å². The van der Waals surface area contributed by atoms with Gasteiger partial charge in [0.25, 0.3) is 5.89 Å². The van der Waals surface area contributed by atoms with Gasteiger partial charge in [-0.05, 0) is 36.4 Å². The maximum atomic E-state index is 5.42. The first-order valence-electron chi connectivity index (χ1n) is 7.71. The Hall–Kier alpha value is -3.41. The number of methoxy groups -OCH3 is 2. The second kappa shape index (κ2) is 6.24. The Morgan fingerprint density at radius 3 is 2.48 bits per heavy atom. The number of rotatable bonds is 4. The van der Waals surface area contributed by atoms with E-state index in [0.717, 1.165) is 22.2 Å². The average Bonchev–Trinajstić information content (AvgIpc) is 3.17. The van der Waals surface area contributed by atoms with Gasteiger partial charge >= 0.3 is 0 Å². The van der Waals surface area contributed by atoms with E-state index in [2.05, 4.69) is 15.1 Å². The first kappa shape index (κ1) is 15.1. The molecular weight excluding hydrogens is 318 g/mol. The summed E-state index contributed by atoms with van der Waals surface area (Å²) in [4.78, 5) is 9.01. The molecular formula is C19H15N3O3. The van der Waals surface area contributed by atoms with Crippen molar-refractivity contribution >= 4 is 10.9 Å². The molecule has 0 spiro atoms. The summed E-state index contributed by atoms with van der Waals surface area (Å²) in [6.45, 7) is 0. The summed E-state index contributed by atoms with van der Waals surface area (Å²) in [6.07, 6.45) is 0. The van der Waals surface area contributed by atoms with Gasteiger partial charge in [-0.3, -0.25) is 0 Å². The fourth-order valence-electron chi connectivity index (χ4n) is 2.61. The summed E-state index contributed by atoms with van der Waals surface area (Å²) in [5.41, 5.74) is 2.32. The van der Waals surface area contributed by atoms with Crippen LogP contribution in [-0.4, -0.2) is 29.3 Å². The maximum absolute atomic E-state index is 5.42. The fraction of sp³-hybridized carbons (Fsp3) is 0.105. The average molecular weight is 333 g/mol. The number of ether oxygens (including phenoxy) is 2. The molecule has 4 rings (SSSR count). The summed E-state index contributed by atoms with van der Waals surface area (Å²) >= 11 is 0. The molecule has 0 amide bonds. The Kier molecular flexibility index (Phi) is 3.78. The van der Waals surface area contributed by atoms with Gasteiger partial charge in [0.2, 0.25) is 11.7 Å². The van der Waals surface area contributed by atoms with E-state index in [1.165, 1.54) is 0 Å². The highest BCUT2D eigenvalue weighted by Gasteiger charge is 2.17. The van der Waals surface area contributed by atoms with Crippen molar-refractivity contribution < 1.29 is 14.0 Å². The van der Waals surface area contributed by atoms with E-state index in [1.807, 2.05) is 54.6 Å². The third-order valence-corrected chi connectivity index (χ3v) is 3.87. The SMILES string of the molecule is COc1ccc2nc(OC)c(-c3noc(-c4ccccc4)n3)cc2c1. The highest BCUT2D eigenvalue weighted by atomic mass is 16.5. The molecule has 2 aromatic heterocycles. The standard InChI is InChI=1S/C19H15N3O3/c1-23-14-8-9-16-13(10-14)11-15(19(20-16)24-2)17-21-18(25-22-17)12-6-4-3-5-7-12/h3-11H,1-2H3. The van der Waals surface area contributed by atoms with E-state index in [0.29, 0.717) is 23.2 Å². The van der Waals surface area contributed by atoms with Crippen LogP contribution >= 0.6 is 0 Å². The fourth-order valence-corrected chi connectivity index (χ4v) is 2.61. The van der Waals surface area contributed by atoms with E-state index in [-0.39, 0.29) is 0 Å². The zero-order chi connectivity index (χ0) is 17.2. The van der Waals surface area contributed by atoms with Crippen LogP contribution in [0, 0.1) is 0 Å². The zero-order valence-electron chi connectivity index (χ0n) is 13.8. The number of nitrogens with zero attached hydrogens (tertiary/aromatic N) is 3. The molecule has 2 aromatic carbocycles. The van der Waals surface area contributed by atoms with Gasteiger partial charge in [0.15, 0.2) is 0 Å². The van der Waals surface area contributed by atoms with E-state index >= 15 is 0 Å². The van der Waals surface area contributed by atoms with Gasteiger partial charge in [-0.2, -0.15) is 4.98 Å². The number of benzene rings is 2. The normalized spacial score (nSPS) is 10.8. The summed E-state index contributed by atoms with van der Waals surface area (Å²) in [7, 11) is 3.20. The van der Waals surface area contributed by atoms with Crippen molar-refractivity contribution in [1.29, 1.82) is 0 Å². The molecule has 124 valence electrons. The highest BCUT2D eigenvalue weighted by Crippen LogP contribution is 2.32. The molecule has 0 N–H and O–H groups in total. The summed E-state index contributed by atoms with van der Waals surface area (Å²) in [5.74, 6) is 2.07. The van der Waals surface area contributed by atoms with Crippen LogP contribution in [0.2, 0.25) is 0 Å². The smallest absolute Gasteiger partial charge is 0.258 e. The van der Waals surface area contributed by atoms with Crippen LogP contribution in [0.1, 0.15) is 0 Å². The number of hydrogen-bond donors (Lipinski definition) is 0. The predicted molar refractivity (Wildman–Crippen MR) is 93.6 cm³/mol. The lowest BCUT2D eigenvalue weighted by molar-refractivity contribution is 0.399. The van der Waals surface area contributed by atoms with E-state index in [1.54, 1.807) is 14.2 Å². The Bertz CT molecular complexity index is 1030. The van der Waals surface area contributed by atoms with Crippen molar-refractivity contribution in [3.05, 3.63) is 54.6 Å². The summed E-state index contributed by atoms with van der Waals surface area (Å²) < 4.78 is 16.1. The summed E-state index contributed by atoms with van der Waals surface area (Å²) in [5, 5.41) is 4.99. The lowest BCUT2D eigenvalue weighted by Crippen LogP contribution is -1.94. The molecule has 0 aliphatic heterocycles. The molecule has 0 radical (unpaired) electrons. The minimum atomic E-state index is 0.424. The van der Waals surface area contributed by atoms with Gasteiger partial charge in [0, 0.05) is 10.9 Å². The minimum absolute atomic E-state index is 0.424. The van der Waals surface area contributed by atoms with Gasteiger partial charge in [0.05, 0.1) is 25.3 Å². The van der Waals surface area contributed by atoms with Crippen molar-refractivity contribution in [1.82, 2.24) is 15.1 Å². The van der Waals surface area contributed by atoms with Crippen molar-refractivity contribution in [2.24, 2.45) is 0 Å². The first-order chi connectivity index (χ1) is 12.3. The lowest BCUT2D eigenvalue weighted by Gasteiger charge is -2.07. The van der Waals surface area contributed by atoms with Gasteiger partial charge in [-0.25, -0.2) is 4.98 Å². The molecule has 2 heterocycles. The molecule has 6 heteroatoms. The van der Waals surface area contributed by atoms with Crippen LogP contribution in [-0.2, 0) is 0 Å². The topological polar surface area (TPSA) is 70.3 Å². The first-order valence-corrected chi connectivity index (χ1v) is 7.71. The van der Waals surface area contributed by atoms with Crippen molar-refractivity contribution in [3.63, 3.8) is 0 Å². The number of fused-ring (bicyclic) bond motifs is 1. The van der Waals surface area contributed by atoms with Crippen LogP contribution in [0.25, 0.3) is 33.7 Å². The molecule has 25 heavy (non-hydrogen) atoms. The van der Waals surface area contributed by atoms with E-state index in [4.69, 9.17) is 14.0 Å². The van der Waals surface area contributed by atoms with E-state index in [9.17, 15) is 0 Å². The quantitative estimate of drug-likeness (QED) is 0.563. The van der Waals surface area contributed by atoms with Gasteiger partial charge in [-0.15, -0.1) is 0 Å². The molecule has 0 fully saturated rings. The Labute approximate surface area is 144 Å². The van der Waals surface area contributed by atoms with E-state index < -0.39 is 0 Å². The molecule has 0 saturated heterocycles. The molecule has 0 aliphatic carbocycles. The molecule has 4 aromatic rings. The Balaban J connectivity index is 1.84. The Morgan fingerprint density at radius 2 is 1.72 bits per heavy atom. The molecule has 0 unspecified atom stereocenters. The van der Waals surface area contributed by atoms with Crippen LogP contribution in [0.3, 0.4) is 0 Å². The second-order valence-electron chi connectivity index (χ2n) is 5.39. The third kappa shape index (κ3) is 2.78. The van der Waals surface area contributed by atoms with Crippen molar-refractivity contribution in [3.8, 4) is 34.5 Å². The predicted octanol–water partition coefficient (Wildman–Crippen LogP) is 3.97. The third-order valence-electron chi connectivity index (χ3n) is 3.87. The monoisotopic (exact) mass is 333 g/mol. The highest BCUT2D eigenvalue weighted by molar-refractivity contribution is 5.86. The maximum Gasteiger partial charge on any atom is 0.258 e. The largest absolute Gasteiger partial charge is 0.497 e. The number of hydrogen-bond acceptors (Lipinski definition) is 6. The van der Waals surface area contributed by atoms with Gasteiger partial charge < -0.3 is 14.0 Å². The molecule has 0 atom stereocenters. The molecule has 0 bridgehead atoms. The number of pyridine rings is 1. The van der Waals surface area contributed by atoms with Crippen molar-refractivity contribution in [2.75, 3.05) is 14.2 Å². The van der Waals surface area contributed by atoms with Crippen LogP contribution in [0.4, 0.5) is 0 Å².